The number of nitrogens with zero attached hydrogens (tertiary/aromatic N) is 1. The highest BCUT2D eigenvalue weighted by Gasteiger charge is 2.20. The third kappa shape index (κ3) is 2.97. The molecule has 0 radical (unpaired) electrons. The van der Waals surface area contributed by atoms with Crippen LogP contribution in [-0.2, 0) is 4.79 Å². The first-order valence-electron chi connectivity index (χ1n) is 5.00. The minimum atomic E-state index is -0.502. The average molecular weight is 185 g/mol. The standard InChI is InChI=1S/C9H19N3O/c10-7-8(11)9(13)12-5-3-1-2-4-6-12/h8H,1-7,10-11H2. The molecule has 1 amide bonds. The normalized spacial score (nSPS) is 20.9. The molecule has 1 unspecified atom stereocenters. The third-order valence-corrected chi connectivity index (χ3v) is 2.49. The summed E-state index contributed by atoms with van der Waals surface area (Å²) in [5, 5.41) is 0. The van der Waals surface area contributed by atoms with Crippen LogP contribution in [0.1, 0.15) is 25.7 Å². The molecule has 1 rings (SSSR count). The monoisotopic (exact) mass is 185 g/mol. The SMILES string of the molecule is NCC(N)C(=O)N1CCCCCC1. The maximum atomic E-state index is 11.6. The lowest BCUT2D eigenvalue weighted by atomic mass is 10.2. The van der Waals surface area contributed by atoms with E-state index >= 15 is 0 Å². The van der Waals surface area contributed by atoms with E-state index in [1.165, 1.54) is 12.8 Å². The summed E-state index contributed by atoms with van der Waals surface area (Å²) in [6, 6.07) is -0.502. The van der Waals surface area contributed by atoms with Crippen LogP contribution >= 0.6 is 0 Å². The van der Waals surface area contributed by atoms with E-state index in [0.717, 1.165) is 25.9 Å². The molecule has 0 aromatic heterocycles. The van der Waals surface area contributed by atoms with Gasteiger partial charge in [-0.05, 0) is 12.8 Å². The van der Waals surface area contributed by atoms with E-state index in [9.17, 15) is 4.79 Å². The van der Waals surface area contributed by atoms with Gasteiger partial charge in [0.1, 0.15) is 0 Å². The van der Waals surface area contributed by atoms with E-state index in [2.05, 4.69) is 0 Å². The maximum Gasteiger partial charge on any atom is 0.240 e. The molecule has 0 aliphatic carbocycles. The van der Waals surface area contributed by atoms with Crippen LogP contribution in [0.15, 0.2) is 0 Å². The second kappa shape index (κ2) is 5.19. The summed E-state index contributed by atoms with van der Waals surface area (Å²) < 4.78 is 0. The molecular formula is C9H19N3O. The lowest BCUT2D eigenvalue weighted by Crippen LogP contribution is -2.47. The van der Waals surface area contributed by atoms with Gasteiger partial charge in [-0.25, -0.2) is 0 Å². The van der Waals surface area contributed by atoms with Crippen molar-refractivity contribution in [1.29, 1.82) is 0 Å². The lowest BCUT2D eigenvalue weighted by Gasteiger charge is -2.23. The van der Waals surface area contributed by atoms with Crippen LogP contribution in [0.5, 0.6) is 0 Å². The van der Waals surface area contributed by atoms with Gasteiger partial charge < -0.3 is 16.4 Å². The van der Waals surface area contributed by atoms with Gasteiger partial charge in [-0.2, -0.15) is 0 Å². The number of rotatable bonds is 2. The van der Waals surface area contributed by atoms with Crippen molar-refractivity contribution in [2.75, 3.05) is 19.6 Å². The third-order valence-electron chi connectivity index (χ3n) is 2.49. The summed E-state index contributed by atoms with van der Waals surface area (Å²) >= 11 is 0. The van der Waals surface area contributed by atoms with Crippen LogP contribution < -0.4 is 11.5 Å². The predicted molar refractivity (Wildman–Crippen MR) is 52.1 cm³/mol. The van der Waals surface area contributed by atoms with Crippen molar-refractivity contribution >= 4 is 5.91 Å². The number of amides is 1. The highest BCUT2D eigenvalue weighted by molar-refractivity contribution is 5.81. The molecule has 4 N–H and O–H groups in total. The Bertz CT molecular complexity index is 164. The minimum Gasteiger partial charge on any atom is -0.341 e. The topological polar surface area (TPSA) is 72.3 Å². The molecule has 1 aliphatic heterocycles. The van der Waals surface area contributed by atoms with Crippen LogP contribution in [0.25, 0.3) is 0 Å². The summed E-state index contributed by atoms with van der Waals surface area (Å²) in [5.41, 5.74) is 10.9. The van der Waals surface area contributed by atoms with E-state index in [-0.39, 0.29) is 12.5 Å². The smallest absolute Gasteiger partial charge is 0.240 e. The number of hydrogen-bond donors (Lipinski definition) is 2. The summed E-state index contributed by atoms with van der Waals surface area (Å²) in [5.74, 6) is 0.0180. The molecule has 1 aliphatic rings. The van der Waals surface area contributed by atoms with Crippen LogP contribution in [0.2, 0.25) is 0 Å². The molecule has 0 saturated carbocycles. The summed E-state index contributed by atoms with van der Waals surface area (Å²) in [7, 11) is 0. The zero-order valence-electron chi connectivity index (χ0n) is 8.04. The minimum absolute atomic E-state index is 0.0180. The van der Waals surface area contributed by atoms with Crippen molar-refractivity contribution in [3.63, 3.8) is 0 Å². The van der Waals surface area contributed by atoms with Crippen molar-refractivity contribution in [2.45, 2.75) is 31.7 Å². The Morgan fingerprint density at radius 3 is 2.23 bits per heavy atom. The molecule has 1 heterocycles. The molecule has 1 atom stereocenters. The van der Waals surface area contributed by atoms with Gasteiger partial charge in [-0.15, -0.1) is 0 Å². The van der Waals surface area contributed by atoms with E-state index < -0.39 is 6.04 Å². The van der Waals surface area contributed by atoms with Gasteiger partial charge in [0.25, 0.3) is 0 Å². The Morgan fingerprint density at radius 1 is 1.23 bits per heavy atom. The van der Waals surface area contributed by atoms with Crippen molar-refractivity contribution in [1.82, 2.24) is 4.90 Å². The number of nitrogens with two attached hydrogens (primary N) is 2. The first-order valence-corrected chi connectivity index (χ1v) is 5.00. The van der Waals surface area contributed by atoms with Crippen molar-refractivity contribution in [3.05, 3.63) is 0 Å². The Hall–Kier alpha value is -0.610. The second-order valence-electron chi connectivity index (χ2n) is 3.58. The Morgan fingerprint density at radius 2 is 1.77 bits per heavy atom. The fourth-order valence-electron chi connectivity index (χ4n) is 1.63. The zero-order chi connectivity index (χ0) is 9.68. The quantitative estimate of drug-likeness (QED) is 0.619. The molecule has 76 valence electrons. The lowest BCUT2D eigenvalue weighted by molar-refractivity contribution is -0.132. The van der Waals surface area contributed by atoms with Crippen molar-refractivity contribution in [2.24, 2.45) is 11.5 Å². The molecule has 1 saturated heterocycles. The van der Waals surface area contributed by atoms with E-state index in [1.54, 1.807) is 0 Å². The Kier molecular flexibility index (Phi) is 4.18. The van der Waals surface area contributed by atoms with E-state index in [1.807, 2.05) is 4.90 Å². The first kappa shape index (κ1) is 10.5. The summed E-state index contributed by atoms with van der Waals surface area (Å²) in [6.45, 7) is 1.95. The maximum absolute atomic E-state index is 11.6. The van der Waals surface area contributed by atoms with Crippen molar-refractivity contribution in [3.8, 4) is 0 Å². The highest BCUT2D eigenvalue weighted by atomic mass is 16.2. The fraction of sp³-hybridized carbons (Fsp3) is 0.889. The number of carbonyl (C=O) groups is 1. The van der Waals surface area contributed by atoms with Crippen LogP contribution in [-0.4, -0.2) is 36.5 Å². The molecular weight excluding hydrogens is 166 g/mol. The predicted octanol–water partition coefficient (Wildman–Crippen LogP) is -0.325. The van der Waals surface area contributed by atoms with E-state index in [4.69, 9.17) is 11.5 Å². The van der Waals surface area contributed by atoms with Gasteiger partial charge in [0.2, 0.25) is 5.91 Å². The molecule has 0 bridgehead atoms. The van der Waals surface area contributed by atoms with Crippen LogP contribution in [0, 0.1) is 0 Å². The molecule has 1 fully saturated rings. The molecule has 0 aromatic carbocycles. The van der Waals surface area contributed by atoms with E-state index in [0.29, 0.717) is 0 Å². The van der Waals surface area contributed by atoms with Gasteiger partial charge in [-0.3, -0.25) is 4.79 Å². The average Bonchev–Trinajstić information content (AvgIpc) is 2.43. The van der Waals surface area contributed by atoms with Gasteiger partial charge in [0, 0.05) is 19.6 Å². The van der Waals surface area contributed by atoms with Gasteiger partial charge in [0.05, 0.1) is 6.04 Å². The Balaban J connectivity index is 2.43. The summed E-state index contributed by atoms with van der Waals surface area (Å²) in [6.07, 6.45) is 4.65. The number of likely N-dealkylation sites (tertiary alicyclic amines) is 1. The van der Waals surface area contributed by atoms with Crippen LogP contribution in [0.4, 0.5) is 0 Å². The number of hydrogen-bond acceptors (Lipinski definition) is 3. The largest absolute Gasteiger partial charge is 0.341 e. The Labute approximate surface area is 79.3 Å². The number of carbonyl (C=O) groups excluding carboxylic acids is 1. The fourth-order valence-corrected chi connectivity index (χ4v) is 1.63. The second-order valence-corrected chi connectivity index (χ2v) is 3.58. The van der Waals surface area contributed by atoms with Gasteiger partial charge in [0.15, 0.2) is 0 Å². The molecule has 4 nitrogen and oxygen atoms in total. The van der Waals surface area contributed by atoms with Crippen LogP contribution in [0.3, 0.4) is 0 Å². The first-order chi connectivity index (χ1) is 6.25. The van der Waals surface area contributed by atoms with Crippen molar-refractivity contribution < 1.29 is 4.79 Å². The van der Waals surface area contributed by atoms with Gasteiger partial charge in [-0.1, -0.05) is 12.8 Å². The highest BCUT2D eigenvalue weighted by Crippen LogP contribution is 2.10. The molecule has 0 aromatic rings. The molecule has 0 spiro atoms. The summed E-state index contributed by atoms with van der Waals surface area (Å²) in [4.78, 5) is 13.5. The molecule has 13 heavy (non-hydrogen) atoms. The zero-order valence-corrected chi connectivity index (χ0v) is 8.04. The van der Waals surface area contributed by atoms with Gasteiger partial charge >= 0.3 is 0 Å². The molecule has 4 heteroatoms.